The maximum atomic E-state index is 13.5. The van der Waals surface area contributed by atoms with Gasteiger partial charge >= 0.3 is 0 Å². The lowest BCUT2D eigenvalue weighted by atomic mass is 9.73. The lowest BCUT2D eigenvalue weighted by Gasteiger charge is -2.54. The molecule has 6 rings (SSSR count). The van der Waals surface area contributed by atoms with Gasteiger partial charge < -0.3 is 4.57 Å². The molecule has 2 aliphatic heterocycles. The Morgan fingerprint density at radius 3 is 2.15 bits per heavy atom. The summed E-state index contributed by atoms with van der Waals surface area (Å²) in [5.74, 6) is 1.63. The molecule has 4 aliphatic rings. The SMILES string of the molecule is CC(=O)c1nc2ccccc2n(C2C[C@H]3CCC[C@@H](C2)N3C2CC3CCCCC(C3)C2)c1=O. The normalized spacial score (nSPS) is 34.7. The smallest absolute Gasteiger partial charge is 0.280 e. The first-order chi connectivity index (χ1) is 16.1. The van der Waals surface area contributed by atoms with Gasteiger partial charge in [-0.15, -0.1) is 0 Å². The Kier molecular flexibility index (Phi) is 5.64. The van der Waals surface area contributed by atoms with Crippen LogP contribution in [-0.2, 0) is 0 Å². The van der Waals surface area contributed by atoms with Gasteiger partial charge in [-0.1, -0.05) is 44.2 Å². The Labute approximate surface area is 196 Å². The molecule has 176 valence electrons. The average Bonchev–Trinajstić information content (AvgIpc) is 2.97. The minimum atomic E-state index is -0.234. The third-order valence-corrected chi connectivity index (χ3v) is 9.27. The van der Waals surface area contributed by atoms with Crippen LogP contribution in [0.3, 0.4) is 0 Å². The van der Waals surface area contributed by atoms with E-state index in [4.69, 9.17) is 0 Å². The Hall–Kier alpha value is -2.01. The zero-order chi connectivity index (χ0) is 22.5. The number of hydrogen-bond donors (Lipinski definition) is 0. The largest absolute Gasteiger partial charge is 0.302 e. The predicted molar refractivity (Wildman–Crippen MR) is 131 cm³/mol. The van der Waals surface area contributed by atoms with Crippen LogP contribution in [0.2, 0.25) is 0 Å². The van der Waals surface area contributed by atoms with Crippen molar-refractivity contribution in [3.05, 3.63) is 40.3 Å². The van der Waals surface area contributed by atoms with Crippen LogP contribution in [0.1, 0.15) is 101 Å². The van der Waals surface area contributed by atoms with Gasteiger partial charge in [0, 0.05) is 31.1 Å². The first-order valence-corrected chi connectivity index (χ1v) is 13.4. The molecule has 5 atom stereocenters. The van der Waals surface area contributed by atoms with Crippen LogP contribution < -0.4 is 5.56 Å². The predicted octanol–water partition coefficient (Wildman–Crippen LogP) is 5.52. The van der Waals surface area contributed by atoms with Crippen LogP contribution in [0.5, 0.6) is 0 Å². The Bertz CT molecular complexity index is 1080. The maximum absolute atomic E-state index is 13.5. The first-order valence-electron chi connectivity index (χ1n) is 13.4. The first kappa shape index (κ1) is 21.5. The summed E-state index contributed by atoms with van der Waals surface area (Å²) < 4.78 is 1.95. The van der Waals surface area contributed by atoms with Crippen molar-refractivity contribution in [1.29, 1.82) is 0 Å². The lowest BCUT2D eigenvalue weighted by molar-refractivity contribution is -0.0420. The van der Waals surface area contributed by atoms with Crippen molar-refractivity contribution in [1.82, 2.24) is 14.5 Å². The molecule has 4 bridgehead atoms. The summed E-state index contributed by atoms with van der Waals surface area (Å²) in [6, 6.07) is 9.86. The second kappa shape index (κ2) is 8.65. The van der Waals surface area contributed by atoms with Gasteiger partial charge in [-0.2, -0.15) is 0 Å². The van der Waals surface area contributed by atoms with Gasteiger partial charge in [-0.05, 0) is 68.9 Å². The minimum Gasteiger partial charge on any atom is -0.302 e. The number of carbonyl (C=O) groups excluding carboxylic acids is 1. The molecule has 0 radical (unpaired) electrons. The van der Waals surface area contributed by atoms with E-state index in [0.29, 0.717) is 12.1 Å². The minimum absolute atomic E-state index is 0.0950. The molecule has 1 aromatic heterocycles. The van der Waals surface area contributed by atoms with Crippen molar-refractivity contribution in [2.24, 2.45) is 11.8 Å². The van der Waals surface area contributed by atoms with Gasteiger partial charge in [0.2, 0.25) is 0 Å². The van der Waals surface area contributed by atoms with E-state index in [-0.39, 0.29) is 23.1 Å². The monoisotopic (exact) mass is 447 g/mol. The van der Waals surface area contributed by atoms with E-state index < -0.39 is 0 Å². The highest BCUT2D eigenvalue weighted by Gasteiger charge is 2.45. The molecule has 3 heterocycles. The van der Waals surface area contributed by atoms with Crippen molar-refractivity contribution in [2.45, 2.75) is 108 Å². The standard InChI is InChI=1S/C28H37N3O2/c1-18(32)27-28(33)31(26-12-5-4-11-25(26)29-27)24-16-21-9-6-10-22(17-24)30(21)23-14-19-7-2-3-8-20(13-19)15-23/h4-5,11-12,19-24H,2-3,6-10,13-17H2,1H3/t19?,20?,21-,22+,23?,24?. The lowest BCUT2D eigenvalue weighted by Crippen LogP contribution is -2.58. The van der Waals surface area contributed by atoms with Crippen LogP contribution >= 0.6 is 0 Å². The fraction of sp³-hybridized carbons (Fsp3) is 0.679. The molecule has 0 amide bonds. The highest BCUT2D eigenvalue weighted by Crippen LogP contribution is 2.46. The number of aromatic nitrogens is 2. The molecule has 5 nitrogen and oxygen atoms in total. The zero-order valence-corrected chi connectivity index (χ0v) is 19.9. The van der Waals surface area contributed by atoms with Crippen molar-refractivity contribution in [3.8, 4) is 0 Å². The summed E-state index contributed by atoms with van der Waals surface area (Å²) in [5, 5.41) is 0. The van der Waals surface area contributed by atoms with E-state index in [1.807, 2.05) is 28.8 Å². The third-order valence-electron chi connectivity index (χ3n) is 9.27. The van der Waals surface area contributed by atoms with Gasteiger partial charge in [0.15, 0.2) is 11.5 Å². The summed E-state index contributed by atoms with van der Waals surface area (Å²) in [4.78, 5) is 33.1. The Morgan fingerprint density at radius 2 is 1.48 bits per heavy atom. The fourth-order valence-corrected chi connectivity index (χ4v) is 8.05. The molecular formula is C28H37N3O2. The molecule has 2 aromatic rings. The van der Waals surface area contributed by atoms with Crippen LogP contribution in [0.25, 0.3) is 11.0 Å². The number of benzene rings is 1. The van der Waals surface area contributed by atoms with Gasteiger partial charge in [-0.3, -0.25) is 14.5 Å². The number of Topliss-reactive ketones (excluding diaryl/α,β-unsaturated/α-hetero) is 1. The zero-order valence-electron chi connectivity index (χ0n) is 19.9. The van der Waals surface area contributed by atoms with Crippen LogP contribution in [-0.4, -0.2) is 38.4 Å². The number of para-hydroxylation sites is 2. The topological polar surface area (TPSA) is 55.2 Å². The quantitative estimate of drug-likeness (QED) is 0.582. The fourth-order valence-electron chi connectivity index (χ4n) is 8.05. The number of nitrogens with zero attached hydrogens (tertiary/aromatic N) is 3. The average molecular weight is 448 g/mol. The third kappa shape index (κ3) is 3.86. The van der Waals surface area contributed by atoms with E-state index in [9.17, 15) is 9.59 Å². The number of piperidine rings is 2. The molecule has 3 unspecified atom stereocenters. The number of carbonyl (C=O) groups is 1. The maximum Gasteiger partial charge on any atom is 0.280 e. The van der Waals surface area contributed by atoms with Gasteiger partial charge in [0.05, 0.1) is 11.0 Å². The second-order valence-electron chi connectivity index (χ2n) is 11.4. The summed E-state index contributed by atoms with van der Waals surface area (Å²) in [6.07, 6.45) is 15.8. The van der Waals surface area contributed by atoms with E-state index in [2.05, 4.69) is 9.88 Å². The van der Waals surface area contributed by atoms with Crippen molar-refractivity contribution in [2.75, 3.05) is 0 Å². The van der Waals surface area contributed by atoms with Crippen LogP contribution in [0.4, 0.5) is 0 Å². The van der Waals surface area contributed by atoms with Gasteiger partial charge in [0.1, 0.15) is 0 Å². The number of fused-ring (bicyclic) bond motifs is 5. The molecule has 5 heteroatoms. The molecule has 2 saturated heterocycles. The number of ketones is 1. The van der Waals surface area contributed by atoms with E-state index in [1.54, 1.807) is 0 Å². The van der Waals surface area contributed by atoms with Gasteiger partial charge in [-0.25, -0.2) is 4.98 Å². The van der Waals surface area contributed by atoms with E-state index in [0.717, 1.165) is 41.8 Å². The summed E-state index contributed by atoms with van der Waals surface area (Å²) in [5.41, 5.74) is 1.54. The highest BCUT2D eigenvalue weighted by molar-refractivity contribution is 5.93. The van der Waals surface area contributed by atoms with E-state index in [1.165, 1.54) is 71.1 Å². The number of hydrogen-bond acceptors (Lipinski definition) is 4. The van der Waals surface area contributed by atoms with Crippen molar-refractivity contribution in [3.63, 3.8) is 0 Å². The molecule has 0 spiro atoms. The van der Waals surface area contributed by atoms with E-state index >= 15 is 0 Å². The van der Waals surface area contributed by atoms with Crippen molar-refractivity contribution < 1.29 is 4.79 Å². The van der Waals surface area contributed by atoms with Crippen LogP contribution in [0, 0.1) is 11.8 Å². The second-order valence-corrected chi connectivity index (χ2v) is 11.4. The van der Waals surface area contributed by atoms with Crippen LogP contribution in [0.15, 0.2) is 29.1 Å². The molecule has 1 aromatic carbocycles. The molecule has 2 aliphatic carbocycles. The molecule has 2 saturated carbocycles. The number of rotatable bonds is 3. The summed E-state index contributed by atoms with van der Waals surface area (Å²) in [7, 11) is 0. The molecule has 33 heavy (non-hydrogen) atoms. The van der Waals surface area contributed by atoms with Crippen molar-refractivity contribution >= 4 is 16.8 Å². The Morgan fingerprint density at radius 1 is 0.818 bits per heavy atom. The highest BCUT2D eigenvalue weighted by atomic mass is 16.1. The Balaban J connectivity index is 1.34. The molecule has 4 fully saturated rings. The molecular weight excluding hydrogens is 410 g/mol. The molecule has 0 N–H and O–H groups in total. The summed E-state index contributed by atoms with van der Waals surface area (Å²) in [6.45, 7) is 1.46. The van der Waals surface area contributed by atoms with Gasteiger partial charge in [0.25, 0.3) is 5.56 Å². The summed E-state index contributed by atoms with van der Waals surface area (Å²) >= 11 is 0.